The molecule has 0 aliphatic rings. The van der Waals surface area contributed by atoms with E-state index in [1.54, 1.807) is 30.3 Å². The van der Waals surface area contributed by atoms with Crippen LogP contribution in [0.1, 0.15) is 10.4 Å². The zero-order valence-corrected chi connectivity index (χ0v) is 14.1. The Labute approximate surface area is 146 Å². The first-order valence-electron chi connectivity index (χ1n) is 7.00. The minimum atomic E-state index is -0.500. The summed E-state index contributed by atoms with van der Waals surface area (Å²) in [5.41, 5.74) is 13.5. The Hall–Kier alpha value is -2.58. The molecular weight excluding hydrogens is 344 g/mol. The van der Waals surface area contributed by atoms with Gasteiger partial charge in [0.1, 0.15) is 0 Å². The van der Waals surface area contributed by atoms with Gasteiger partial charge in [-0.3, -0.25) is 9.59 Å². The van der Waals surface area contributed by atoms with E-state index in [0.29, 0.717) is 16.9 Å². The lowest BCUT2D eigenvalue weighted by molar-refractivity contribution is -0.113. The molecule has 0 saturated heterocycles. The molecule has 0 saturated carbocycles. The minimum Gasteiger partial charge on any atom is -0.399 e. The standard InChI is InChI=1S/C16H14N4O2S2/c17-10-3-6-12-13(7-10)24-16(20-12)23-8-14(21)19-11-4-1-9(2-5-11)15(18)22/h1-7H,8,17H2,(H2,18,22)(H,19,21). The Bertz CT molecular complexity index is 906. The molecule has 2 aromatic carbocycles. The van der Waals surface area contributed by atoms with Crippen molar-refractivity contribution >= 4 is 56.5 Å². The van der Waals surface area contributed by atoms with Crippen molar-refractivity contribution < 1.29 is 9.59 Å². The van der Waals surface area contributed by atoms with Gasteiger partial charge < -0.3 is 16.8 Å². The molecule has 122 valence electrons. The van der Waals surface area contributed by atoms with Gasteiger partial charge in [-0.2, -0.15) is 0 Å². The van der Waals surface area contributed by atoms with E-state index in [9.17, 15) is 9.59 Å². The van der Waals surface area contributed by atoms with E-state index in [4.69, 9.17) is 11.5 Å². The summed E-state index contributed by atoms with van der Waals surface area (Å²) in [7, 11) is 0. The molecule has 0 bridgehead atoms. The van der Waals surface area contributed by atoms with Crippen LogP contribution in [0.3, 0.4) is 0 Å². The number of thiazole rings is 1. The van der Waals surface area contributed by atoms with Gasteiger partial charge in [-0.1, -0.05) is 11.8 Å². The van der Waals surface area contributed by atoms with Crippen LogP contribution in [0.15, 0.2) is 46.8 Å². The molecule has 3 aromatic rings. The molecule has 0 spiro atoms. The average Bonchev–Trinajstić information content (AvgIpc) is 2.95. The molecule has 0 atom stereocenters. The lowest BCUT2D eigenvalue weighted by Crippen LogP contribution is -2.14. The molecule has 1 aromatic heterocycles. The fourth-order valence-corrected chi connectivity index (χ4v) is 3.94. The third-order valence-electron chi connectivity index (χ3n) is 3.17. The molecule has 8 heteroatoms. The number of thioether (sulfide) groups is 1. The van der Waals surface area contributed by atoms with E-state index in [1.165, 1.54) is 23.1 Å². The average molecular weight is 358 g/mol. The number of carbonyl (C=O) groups is 2. The maximum Gasteiger partial charge on any atom is 0.248 e. The molecule has 24 heavy (non-hydrogen) atoms. The highest BCUT2D eigenvalue weighted by atomic mass is 32.2. The van der Waals surface area contributed by atoms with Crippen LogP contribution in [0.2, 0.25) is 0 Å². The molecule has 0 unspecified atom stereocenters. The normalized spacial score (nSPS) is 10.7. The molecule has 1 heterocycles. The van der Waals surface area contributed by atoms with Crippen molar-refractivity contribution in [1.82, 2.24) is 4.98 Å². The van der Waals surface area contributed by atoms with Crippen LogP contribution in [-0.2, 0) is 4.79 Å². The smallest absolute Gasteiger partial charge is 0.248 e. The number of nitrogens with one attached hydrogen (secondary N) is 1. The Kier molecular flexibility index (Phi) is 4.68. The highest BCUT2D eigenvalue weighted by Gasteiger charge is 2.09. The van der Waals surface area contributed by atoms with Gasteiger partial charge in [-0.15, -0.1) is 11.3 Å². The number of nitrogen functional groups attached to an aromatic ring is 1. The predicted molar refractivity (Wildman–Crippen MR) is 98.3 cm³/mol. The fourth-order valence-electron chi connectivity index (χ4n) is 2.02. The number of primary amides is 1. The molecule has 3 rings (SSSR count). The summed E-state index contributed by atoms with van der Waals surface area (Å²) in [4.78, 5) is 27.5. The first-order valence-corrected chi connectivity index (χ1v) is 8.80. The molecule has 0 radical (unpaired) electrons. The Morgan fingerprint density at radius 1 is 1.17 bits per heavy atom. The van der Waals surface area contributed by atoms with Crippen LogP contribution < -0.4 is 16.8 Å². The van der Waals surface area contributed by atoms with E-state index in [-0.39, 0.29) is 11.7 Å². The number of rotatable bonds is 5. The number of hydrogen-bond acceptors (Lipinski definition) is 6. The number of nitrogens with two attached hydrogens (primary N) is 2. The second-order valence-electron chi connectivity index (χ2n) is 4.99. The largest absolute Gasteiger partial charge is 0.399 e. The predicted octanol–water partition coefficient (Wildman–Crippen LogP) is 2.71. The molecule has 0 aliphatic heterocycles. The fraction of sp³-hybridized carbons (Fsp3) is 0.0625. The Morgan fingerprint density at radius 2 is 1.92 bits per heavy atom. The van der Waals surface area contributed by atoms with Gasteiger partial charge in [0.2, 0.25) is 11.8 Å². The first kappa shape index (κ1) is 16.3. The summed E-state index contributed by atoms with van der Waals surface area (Å²) in [5, 5.41) is 2.77. The number of anilines is 2. The highest BCUT2D eigenvalue weighted by Crippen LogP contribution is 2.30. The van der Waals surface area contributed by atoms with E-state index in [1.807, 2.05) is 12.1 Å². The van der Waals surface area contributed by atoms with Gasteiger partial charge in [-0.25, -0.2) is 4.98 Å². The van der Waals surface area contributed by atoms with Crippen molar-refractivity contribution in [1.29, 1.82) is 0 Å². The van der Waals surface area contributed by atoms with Gasteiger partial charge >= 0.3 is 0 Å². The third kappa shape index (κ3) is 3.84. The first-order chi connectivity index (χ1) is 11.5. The third-order valence-corrected chi connectivity index (χ3v) is 5.33. The SMILES string of the molecule is NC(=O)c1ccc(NC(=O)CSc2nc3ccc(N)cc3s2)cc1. The van der Waals surface area contributed by atoms with Crippen LogP contribution in [0.5, 0.6) is 0 Å². The molecule has 6 nitrogen and oxygen atoms in total. The topological polar surface area (TPSA) is 111 Å². The number of aromatic nitrogens is 1. The van der Waals surface area contributed by atoms with E-state index < -0.39 is 5.91 Å². The van der Waals surface area contributed by atoms with Crippen LogP contribution in [0, 0.1) is 0 Å². The number of fused-ring (bicyclic) bond motifs is 1. The van der Waals surface area contributed by atoms with Gasteiger partial charge in [0.05, 0.1) is 16.0 Å². The van der Waals surface area contributed by atoms with Crippen molar-refractivity contribution in [3.63, 3.8) is 0 Å². The van der Waals surface area contributed by atoms with Crippen molar-refractivity contribution in [2.45, 2.75) is 4.34 Å². The molecule has 0 aliphatic carbocycles. The van der Waals surface area contributed by atoms with Crippen LogP contribution in [-0.4, -0.2) is 22.6 Å². The number of nitrogens with zero attached hydrogens (tertiary/aromatic N) is 1. The molecular formula is C16H14N4O2S2. The van der Waals surface area contributed by atoms with Crippen LogP contribution in [0.4, 0.5) is 11.4 Å². The minimum absolute atomic E-state index is 0.148. The zero-order chi connectivity index (χ0) is 17.1. The summed E-state index contributed by atoms with van der Waals surface area (Å²) < 4.78 is 1.81. The van der Waals surface area contributed by atoms with E-state index in [0.717, 1.165) is 14.6 Å². The van der Waals surface area contributed by atoms with Gasteiger partial charge in [0, 0.05) is 16.9 Å². The van der Waals surface area contributed by atoms with Crippen LogP contribution in [0.25, 0.3) is 10.2 Å². The molecule has 5 N–H and O–H groups in total. The number of hydrogen-bond donors (Lipinski definition) is 3. The number of amides is 2. The van der Waals surface area contributed by atoms with Crippen LogP contribution >= 0.6 is 23.1 Å². The van der Waals surface area contributed by atoms with E-state index in [2.05, 4.69) is 10.3 Å². The Balaban J connectivity index is 1.59. The molecule has 0 fully saturated rings. The second kappa shape index (κ2) is 6.90. The lowest BCUT2D eigenvalue weighted by atomic mass is 10.2. The van der Waals surface area contributed by atoms with Gasteiger partial charge in [0.25, 0.3) is 0 Å². The van der Waals surface area contributed by atoms with Crippen molar-refractivity contribution in [2.75, 3.05) is 16.8 Å². The van der Waals surface area contributed by atoms with Gasteiger partial charge in [0.15, 0.2) is 4.34 Å². The van der Waals surface area contributed by atoms with Crippen molar-refractivity contribution in [3.05, 3.63) is 48.0 Å². The maximum absolute atomic E-state index is 12.0. The zero-order valence-electron chi connectivity index (χ0n) is 12.5. The number of benzene rings is 2. The summed E-state index contributed by atoms with van der Waals surface area (Å²) in [6.45, 7) is 0. The molecule has 2 amide bonds. The van der Waals surface area contributed by atoms with Crippen molar-refractivity contribution in [3.8, 4) is 0 Å². The summed E-state index contributed by atoms with van der Waals surface area (Å²) >= 11 is 2.87. The Morgan fingerprint density at radius 3 is 2.62 bits per heavy atom. The monoisotopic (exact) mass is 358 g/mol. The second-order valence-corrected chi connectivity index (χ2v) is 7.24. The quantitative estimate of drug-likeness (QED) is 0.480. The summed E-state index contributed by atoms with van der Waals surface area (Å²) in [6, 6.07) is 12.0. The van der Waals surface area contributed by atoms with Gasteiger partial charge in [-0.05, 0) is 42.5 Å². The summed E-state index contributed by atoms with van der Waals surface area (Å²) in [5.74, 6) is -0.405. The van der Waals surface area contributed by atoms with E-state index >= 15 is 0 Å². The maximum atomic E-state index is 12.0. The van der Waals surface area contributed by atoms with Crippen molar-refractivity contribution in [2.24, 2.45) is 5.73 Å². The highest BCUT2D eigenvalue weighted by molar-refractivity contribution is 8.01. The summed E-state index contributed by atoms with van der Waals surface area (Å²) in [6.07, 6.45) is 0. The number of carbonyl (C=O) groups excluding carboxylic acids is 2. The lowest BCUT2D eigenvalue weighted by Gasteiger charge is -2.04.